The van der Waals surface area contributed by atoms with E-state index in [0.717, 1.165) is 34.9 Å². The van der Waals surface area contributed by atoms with Gasteiger partial charge in [0, 0.05) is 48.5 Å². The van der Waals surface area contributed by atoms with Gasteiger partial charge in [0.2, 0.25) is 5.91 Å². The van der Waals surface area contributed by atoms with Crippen molar-refractivity contribution in [3.63, 3.8) is 0 Å². The summed E-state index contributed by atoms with van der Waals surface area (Å²) in [6.07, 6.45) is 8.88. The number of aromatic nitrogens is 1. The first kappa shape index (κ1) is 22.9. The van der Waals surface area contributed by atoms with Gasteiger partial charge in [0.15, 0.2) is 0 Å². The third-order valence-electron chi connectivity index (χ3n) is 6.62. The maximum absolute atomic E-state index is 13.9. The number of aliphatic hydroxyl groups is 1. The highest BCUT2D eigenvalue weighted by Gasteiger charge is 2.33. The molecule has 1 saturated heterocycles. The molecule has 33 heavy (non-hydrogen) atoms. The van der Waals surface area contributed by atoms with Gasteiger partial charge in [0.05, 0.1) is 17.6 Å². The Labute approximate surface area is 193 Å². The van der Waals surface area contributed by atoms with Crippen LogP contribution in [0.25, 0.3) is 10.8 Å². The first-order valence-electron chi connectivity index (χ1n) is 11.3. The second kappa shape index (κ2) is 9.32. The molecule has 0 bridgehead atoms. The molecule has 1 aliphatic carbocycles. The number of fused-ring (bicyclic) bond motifs is 1. The Hall–Kier alpha value is -3.24. The summed E-state index contributed by atoms with van der Waals surface area (Å²) in [7, 11) is 0. The van der Waals surface area contributed by atoms with Gasteiger partial charge in [-0.3, -0.25) is 9.78 Å². The fourth-order valence-corrected chi connectivity index (χ4v) is 4.51. The number of likely N-dealkylation sites (tertiary alicyclic amines) is 1. The smallest absolute Gasteiger partial charge is 0.230 e. The standard InChI is InChI=1S/C26H29FN4O2/c1-26(2,16-32)25(33)31-9-6-21(7-10-31)30-24-13-19(12-18-5-8-29-15-22(18)24)17-3-4-23(27)20(11-17)14-28/h4-5,8,11-13,15,17,21,30,32H,3,6-7,9-10,16H2,1-2H3. The zero-order valence-electron chi connectivity index (χ0n) is 19.0. The van der Waals surface area contributed by atoms with Gasteiger partial charge in [-0.15, -0.1) is 0 Å². The predicted molar refractivity (Wildman–Crippen MR) is 126 cm³/mol. The number of allylic oxidation sites excluding steroid dienone is 4. The van der Waals surface area contributed by atoms with E-state index >= 15 is 0 Å². The number of carbonyl (C=O) groups is 1. The summed E-state index contributed by atoms with van der Waals surface area (Å²) in [5.41, 5.74) is 1.29. The molecule has 1 atom stereocenters. The molecule has 1 amide bonds. The number of anilines is 1. The van der Waals surface area contributed by atoms with Crippen molar-refractivity contribution in [2.45, 2.75) is 45.1 Å². The van der Waals surface area contributed by atoms with Crippen LogP contribution >= 0.6 is 0 Å². The third-order valence-corrected chi connectivity index (χ3v) is 6.62. The SMILES string of the molecule is CC(C)(CO)C(=O)N1CCC(Nc2cc(C3C=C(C#N)C(F)=CC3)cc3ccncc23)CC1. The normalized spacial score (nSPS) is 19.6. The van der Waals surface area contributed by atoms with Gasteiger partial charge in [-0.25, -0.2) is 4.39 Å². The van der Waals surface area contributed by atoms with Crippen molar-refractivity contribution in [1.29, 1.82) is 5.26 Å². The van der Waals surface area contributed by atoms with E-state index in [-0.39, 0.29) is 30.0 Å². The van der Waals surface area contributed by atoms with Gasteiger partial charge in [-0.05, 0) is 62.3 Å². The van der Waals surface area contributed by atoms with Gasteiger partial charge in [0.1, 0.15) is 11.9 Å². The lowest BCUT2D eigenvalue weighted by atomic mass is 9.88. The molecule has 7 heteroatoms. The maximum Gasteiger partial charge on any atom is 0.230 e. The largest absolute Gasteiger partial charge is 0.395 e. The highest BCUT2D eigenvalue weighted by molar-refractivity contribution is 5.94. The maximum atomic E-state index is 13.9. The molecule has 0 spiro atoms. The topological polar surface area (TPSA) is 89.2 Å². The summed E-state index contributed by atoms with van der Waals surface area (Å²) in [5, 5.41) is 24.4. The molecule has 1 aromatic heterocycles. The van der Waals surface area contributed by atoms with Crippen LogP contribution in [0.15, 0.2) is 54.1 Å². The van der Waals surface area contributed by atoms with Crippen LogP contribution in [-0.2, 0) is 4.79 Å². The number of nitrogens with zero attached hydrogens (tertiary/aromatic N) is 3. The van der Waals surface area contributed by atoms with Gasteiger partial charge < -0.3 is 15.3 Å². The molecule has 2 aliphatic rings. The van der Waals surface area contributed by atoms with Crippen molar-refractivity contribution in [2.75, 3.05) is 25.0 Å². The van der Waals surface area contributed by atoms with Crippen LogP contribution in [0.1, 0.15) is 44.6 Å². The number of nitrogens with one attached hydrogen (secondary N) is 1. The third kappa shape index (κ3) is 4.76. The van der Waals surface area contributed by atoms with Crippen molar-refractivity contribution in [3.05, 3.63) is 59.7 Å². The van der Waals surface area contributed by atoms with Gasteiger partial charge >= 0.3 is 0 Å². The number of aliphatic hydroxyl groups excluding tert-OH is 1. The lowest BCUT2D eigenvalue weighted by molar-refractivity contribution is -0.143. The minimum absolute atomic E-state index is 0.0160. The first-order chi connectivity index (χ1) is 15.8. The Morgan fingerprint density at radius 1 is 1.36 bits per heavy atom. The Morgan fingerprint density at radius 2 is 2.12 bits per heavy atom. The number of piperidine rings is 1. The van der Waals surface area contributed by atoms with E-state index in [9.17, 15) is 19.6 Å². The number of nitriles is 1. The molecule has 172 valence electrons. The van der Waals surface area contributed by atoms with Gasteiger partial charge in [-0.2, -0.15) is 5.26 Å². The average Bonchev–Trinajstić information content (AvgIpc) is 2.84. The number of hydrogen-bond donors (Lipinski definition) is 2. The highest BCUT2D eigenvalue weighted by atomic mass is 19.1. The van der Waals surface area contributed by atoms with Crippen LogP contribution in [0.4, 0.5) is 10.1 Å². The van der Waals surface area contributed by atoms with Crippen LogP contribution < -0.4 is 5.32 Å². The van der Waals surface area contributed by atoms with Crippen molar-refractivity contribution in [2.24, 2.45) is 5.41 Å². The Balaban J connectivity index is 1.55. The number of amides is 1. The molecule has 2 N–H and O–H groups in total. The second-order valence-corrected chi connectivity index (χ2v) is 9.50. The number of benzene rings is 1. The number of hydrogen-bond acceptors (Lipinski definition) is 5. The average molecular weight is 449 g/mol. The number of pyridine rings is 1. The summed E-state index contributed by atoms with van der Waals surface area (Å²) < 4.78 is 13.9. The fraction of sp³-hybridized carbons (Fsp3) is 0.423. The molecule has 2 aromatic rings. The van der Waals surface area contributed by atoms with Crippen LogP contribution in [0.2, 0.25) is 0 Å². The zero-order valence-corrected chi connectivity index (χ0v) is 19.0. The van der Waals surface area contributed by atoms with E-state index < -0.39 is 11.2 Å². The number of carbonyl (C=O) groups excluding carboxylic acids is 1. The monoisotopic (exact) mass is 448 g/mol. The quantitative estimate of drug-likeness (QED) is 0.706. The van der Waals surface area contributed by atoms with E-state index in [1.165, 1.54) is 6.08 Å². The summed E-state index contributed by atoms with van der Waals surface area (Å²) in [4.78, 5) is 18.8. The molecule has 0 radical (unpaired) electrons. The molecule has 1 fully saturated rings. The van der Waals surface area contributed by atoms with E-state index in [1.54, 1.807) is 26.1 Å². The lowest BCUT2D eigenvalue weighted by Crippen LogP contribution is -2.48. The molecule has 6 nitrogen and oxygen atoms in total. The predicted octanol–water partition coefficient (Wildman–Crippen LogP) is 4.45. The van der Waals surface area contributed by atoms with Crippen molar-refractivity contribution < 1.29 is 14.3 Å². The van der Waals surface area contributed by atoms with E-state index in [1.807, 2.05) is 23.2 Å². The number of halogens is 1. The van der Waals surface area contributed by atoms with Crippen LogP contribution in [0, 0.1) is 16.7 Å². The minimum Gasteiger partial charge on any atom is -0.395 e. The van der Waals surface area contributed by atoms with Crippen LogP contribution in [-0.4, -0.2) is 46.6 Å². The molecule has 1 unspecified atom stereocenters. The lowest BCUT2D eigenvalue weighted by Gasteiger charge is -2.37. The van der Waals surface area contributed by atoms with Gasteiger partial charge in [0.25, 0.3) is 0 Å². The molecule has 2 heterocycles. The Bertz CT molecular complexity index is 1160. The van der Waals surface area contributed by atoms with Crippen LogP contribution in [0.3, 0.4) is 0 Å². The fourth-order valence-electron chi connectivity index (χ4n) is 4.51. The van der Waals surface area contributed by atoms with Crippen LogP contribution in [0.5, 0.6) is 0 Å². The number of rotatable bonds is 5. The van der Waals surface area contributed by atoms with Crippen molar-refractivity contribution >= 4 is 22.4 Å². The molecule has 4 rings (SSSR count). The summed E-state index contributed by atoms with van der Waals surface area (Å²) in [5.74, 6) is -0.544. The Morgan fingerprint density at radius 3 is 2.82 bits per heavy atom. The summed E-state index contributed by atoms with van der Waals surface area (Å²) >= 11 is 0. The zero-order chi connectivity index (χ0) is 23.6. The van der Waals surface area contributed by atoms with E-state index in [0.29, 0.717) is 19.5 Å². The molecular weight excluding hydrogens is 419 g/mol. The van der Waals surface area contributed by atoms with Crippen molar-refractivity contribution in [1.82, 2.24) is 9.88 Å². The van der Waals surface area contributed by atoms with E-state index in [4.69, 9.17) is 0 Å². The Kier molecular flexibility index (Phi) is 6.48. The summed E-state index contributed by atoms with van der Waals surface area (Å²) in [6.45, 7) is 4.64. The van der Waals surface area contributed by atoms with Gasteiger partial charge in [-0.1, -0.05) is 12.1 Å². The highest BCUT2D eigenvalue weighted by Crippen LogP contribution is 2.36. The molecule has 1 aromatic carbocycles. The molecule has 1 aliphatic heterocycles. The second-order valence-electron chi connectivity index (χ2n) is 9.50. The minimum atomic E-state index is -0.764. The van der Waals surface area contributed by atoms with Crippen molar-refractivity contribution in [3.8, 4) is 6.07 Å². The van der Waals surface area contributed by atoms with E-state index in [2.05, 4.69) is 22.4 Å². The first-order valence-corrected chi connectivity index (χ1v) is 11.3. The molecule has 0 saturated carbocycles. The summed E-state index contributed by atoms with van der Waals surface area (Å²) in [6, 6.07) is 8.24. The molecular formula is C26H29FN4O2.